The summed E-state index contributed by atoms with van der Waals surface area (Å²) in [6.45, 7) is 4.74. The van der Waals surface area contributed by atoms with Crippen molar-refractivity contribution in [3.8, 4) is 5.75 Å². The van der Waals surface area contributed by atoms with Gasteiger partial charge in [0.1, 0.15) is 37.7 Å². The Labute approximate surface area is 243 Å². The number of aromatic nitrogens is 3. The monoisotopic (exact) mass is 580 g/mol. The molecule has 6 rings (SSSR count). The van der Waals surface area contributed by atoms with E-state index < -0.39 is 5.79 Å². The number of piperazine rings is 1. The van der Waals surface area contributed by atoms with E-state index in [1.165, 1.54) is 17.7 Å². The van der Waals surface area contributed by atoms with Crippen LogP contribution in [0, 0.1) is 0 Å². The van der Waals surface area contributed by atoms with Crippen LogP contribution >= 0.6 is 23.2 Å². The van der Waals surface area contributed by atoms with Gasteiger partial charge >= 0.3 is 0 Å². The minimum atomic E-state index is -1.14. The highest BCUT2D eigenvalue weighted by Gasteiger charge is 2.45. The molecule has 2 fully saturated rings. The van der Waals surface area contributed by atoms with Crippen LogP contribution in [0.25, 0.3) is 0 Å². The summed E-state index contributed by atoms with van der Waals surface area (Å²) in [6.07, 6.45) is 2.77. The van der Waals surface area contributed by atoms with Crippen molar-refractivity contribution in [1.29, 1.82) is 0 Å². The van der Waals surface area contributed by atoms with E-state index in [1.807, 2.05) is 30.3 Å². The number of nitrogens with zero attached hydrogens (tertiary/aromatic N) is 5. The first kappa shape index (κ1) is 26.7. The fourth-order valence-electron chi connectivity index (χ4n) is 5.13. The van der Waals surface area contributed by atoms with Crippen molar-refractivity contribution in [2.24, 2.45) is 0 Å². The van der Waals surface area contributed by atoms with Gasteiger partial charge in [0.05, 0.1) is 11.6 Å². The van der Waals surface area contributed by atoms with Gasteiger partial charge in [0, 0.05) is 53.8 Å². The quantitative estimate of drug-likeness (QED) is 0.296. The standard InChI is InChI=1S/C29H30Cl2N6O3/c30-21-1-10-27(28(31)15-21)29(18-37-20-33-19-34-37)39-17-26(40-29)16-38-25-8-6-24(7-9-25)36-13-11-35(12-14-36)23-4-2-22(32)3-5-23/h1-10,15,19-20,26H,11-14,16-18,32H2. The van der Waals surface area contributed by atoms with Crippen molar-refractivity contribution in [3.05, 3.63) is 95.0 Å². The second-order valence-corrected chi connectivity index (χ2v) is 10.7. The lowest BCUT2D eigenvalue weighted by molar-refractivity contribution is -0.190. The molecule has 11 heteroatoms. The highest BCUT2D eigenvalue weighted by atomic mass is 35.5. The predicted molar refractivity (Wildman–Crippen MR) is 156 cm³/mol. The third-order valence-electron chi connectivity index (χ3n) is 7.21. The minimum Gasteiger partial charge on any atom is -0.491 e. The molecule has 2 N–H and O–H groups in total. The van der Waals surface area contributed by atoms with Gasteiger partial charge in [0.15, 0.2) is 0 Å². The molecule has 0 amide bonds. The zero-order chi connectivity index (χ0) is 27.5. The van der Waals surface area contributed by atoms with Crippen molar-refractivity contribution < 1.29 is 14.2 Å². The highest BCUT2D eigenvalue weighted by molar-refractivity contribution is 6.35. The molecule has 40 heavy (non-hydrogen) atoms. The normalized spacial score (nSPS) is 21.1. The molecule has 0 bridgehead atoms. The summed E-state index contributed by atoms with van der Waals surface area (Å²) < 4.78 is 20.4. The van der Waals surface area contributed by atoms with Gasteiger partial charge < -0.3 is 29.7 Å². The van der Waals surface area contributed by atoms with Crippen LogP contribution in [0.4, 0.5) is 17.1 Å². The number of benzene rings is 3. The average molecular weight is 582 g/mol. The fraction of sp³-hybridized carbons (Fsp3) is 0.310. The molecule has 0 radical (unpaired) electrons. The van der Waals surface area contributed by atoms with Crippen LogP contribution in [0.3, 0.4) is 0 Å². The molecule has 0 aliphatic carbocycles. The Morgan fingerprint density at radius 2 is 1.60 bits per heavy atom. The lowest BCUT2D eigenvalue weighted by Crippen LogP contribution is -2.46. The van der Waals surface area contributed by atoms with E-state index in [1.54, 1.807) is 23.1 Å². The van der Waals surface area contributed by atoms with Gasteiger partial charge in [-0.25, -0.2) is 9.67 Å². The Bertz CT molecular complexity index is 1410. The Kier molecular flexibility index (Phi) is 7.71. The van der Waals surface area contributed by atoms with Gasteiger partial charge in [-0.1, -0.05) is 29.3 Å². The fourth-order valence-corrected chi connectivity index (χ4v) is 5.69. The molecule has 2 unspecified atom stereocenters. The molecular weight excluding hydrogens is 551 g/mol. The summed E-state index contributed by atoms with van der Waals surface area (Å²) in [7, 11) is 0. The molecule has 4 aromatic rings. The highest BCUT2D eigenvalue weighted by Crippen LogP contribution is 2.40. The summed E-state index contributed by atoms with van der Waals surface area (Å²) in [5, 5.41) is 5.21. The van der Waals surface area contributed by atoms with Crippen LogP contribution in [0.1, 0.15) is 5.56 Å². The summed E-state index contributed by atoms with van der Waals surface area (Å²) in [4.78, 5) is 8.81. The van der Waals surface area contributed by atoms with Gasteiger partial charge in [0.25, 0.3) is 0 Å². The van der Waals surface area contributed by atoms with Crippen molar-refractivity contribution in [3.63, 3.8) is 0 Å². The van der Waals surface area contributed by atoms with E-state index in [2.05, 4.69) is 44.1 Å². The molecule has 3 aromatic carbocycles. The topological polar surface area (TPSA) is 90.9 Å². The molecule has 2 saturated heterocycles. The van der Waals surface area contributed by atoms with E-state index >= 15 is 0 Å². The Hall–Kier alpha value is -3.50. The van der Waals surface area contributed by atoms with E-state index in [0.29, 0.717) is 28.8 Å². The summed E-state index contributed by atoms with van der Waals surface area (Å²) >= 11 is 12.7. The maximum absolute atomic E-state index is 6.55. The number of hydrogen-bond donors (Lipinski definition) is 1. The van der Waals surface area contributed by atoms with Crippen LogP contribution in [-0.4, -0.2) is 60.3 Å². The zero-order valence-corrected chi connectivity index (χ0v) is 23.3. The van der Waals surface area contributed by atoms with Gasteiger partial charge in [-0.2, -0.15) is 5.10 Å². The molecule has 208 valence electrons. The maximum atomic E-state index is 6.55. The first-order chi connectivity index (χ1) is 19.5. The van der Waals surface area contributed by atoms with E-state index in [4.69, 9.17) is 43.1 Å². The van der Waals surface area contributed by atoms with Crippen LogP contribution in [0.2, 0.25) is 10.0 Å². The number of rotatable bonds is 8. The minimum absolute atomic E-state index is 0.283. The van der Waals surface area contributed by atoms with Crippen LogP contribution in [0.5, 0.6) is 5.75 Å². The Morgan fingerprint density at radius 3 is 2.23 bits per heavy atom. The van der Waals surface area contributed by atoms with Crippen LogP contribution in [-0.2, 0) is 21.8 Å². The van der Waals surface area contributed by atoms with Gasteiger partial charge in [-0.15, -0.1) is 0 Å². The lowest BCUT2D eigenvalue weighted by Gasteiger charge is -2.37. The number of halogens is 2. The van der Waals surface area contributed by atoms with Crippen molar-refractivity contribution >= 4 is 40.3 Å². The van der Waals surface area contributed by atoms with Gasteiger partial charge in [-0.3, -0.25) is 0 Å². The number of anilines is 3. The summed E-state index contributed by atoms with van der Waals surface area (Å²) in [5.41, 5.74) is 9.68. The van der Waals surface area contributed by atoms with Gasteiger partial charge in [-0.05, 0) is 60.7 Å². The van der Waals surface area contributed by atoms with Gasteiger partial charge in [0.2, 0.25) is 5.79 Å². The largest absolute Gasteiger partial charge is 0.491 e. The number of nitrogen functional groups attached to an aromatic ring is 1. The maximum Gasteiger partial charge on any atom is 0.217 e. The van der Waals surface area contributed by atoms with Crippen molar-refractivity contribution in [2.75, 3.05) is 54.9 Å². The second-order valence-electron chi connectivity index (χ2n) is 9.89. The van der Waals surface area contributed by atoms with E-state index in [9.17, 15) is 0 Å². The molecule has 0 spiro atoms. The second kappa shape index (κ2) is 11.5. The van der Waals surface area contributed by atoms with Crippen molar-refractivity contribution in [1.82, 2.24) is 14.8 Å². The van der Waals surface area contributed by atoms with E-state index in [0.717, 1.165) is 37.6 Å². The van der Waals surface area contributed by atoms with E-state index in [-0.39, 0.29) is 12.6 Å². The van der Waals surface area contributed by atoms with Crippen molar-refractivity contribution in [2.45, 2.75) is 18.4 Å². The third kappa shape index (κ3) is 5.83. The molecular formula is C29H30Cl2N6O3. The number of nitrogens with two attached hydrogens (primary N) is 1. The first-order valence-electron chi connectivity index (χ1n) is 13.2. The SMILES string of the molecule is Nc1ccc(N2CCN(c3ccc(OCC4COC(Cn5cncn5)(c5ccc(Cl)cc5Cl)O4)cc3)CC2)cc1. The molecule has 2 atom stereocenters. The smallest absolute Gasteiger partial charge is 0.217 e. The predicted octanol–water partition coefficient (Wildman–Crippen LogP) is 4.84. The summed E-state index contributed by atoms with van der Waals surface area (Å²) in [5.74, 6) is -0.368. The molecule has 1 aromatic heterocycles. The Morgan fingerprint density at radius 1 is 0.925 bits per heavy atom. The molecule has 2 aliphatic rings. The lowest BCUT2D eigenvalue weighted by atomic mass is 10.1. The van der Waals surface area contributed by atoms with Crippen LogP contribution in [0.15, 0.2) is 79.4 Å². The molecule has 3 heterocycles. The zero-order valence-electron chi connectivity index (χ0n) is 21.8. The molecule has 2 aliphatic heterocycles. The first-order valence-corrected chi connectivity index (χ1v) is 13.9. The number of ether oxygens (including phenoxy) is 3. The number of hydrogen-bond acceptors (Lipinski definition) is 8. The molecule has 9 nitrogen and oxygen atoms in total. The Balaban J connectivity index is 1.06. The average Bonchev–Trinajstić information content (AvgIpc) is 3.63. The molecule has 0 saturated carbocycles. The van der Waals surface area contributed by atoms with Crippen LogP contribution < -0.4 is 20.3 Å². The third-order valence-corrected chi connectivity index (χ3v) is 7.76. The summed E-state index contributed by atoms with van der Waals surface area (Å²) in [6, 6.07) is 21.5.